The Kier molecular flexibility index (Phi) is 3.78. The van der Waals surface area contributed by atoms with Gasteiger partial charge in [0.25, 0.3) is 0 Å². The Labute approximate surface area is 99.4 Å². The van der Waals surface area contributed by atoms with Gasteiger partial charge >= 0.3 is 0 Å². The third-order valence-electron chi connectivity index (χ3n) is 3.40. The van der Waals surface area contributed by atoms with Crippen LogP contribution in [-0.2, 0) is 5.33 Å². The van der Waals surface area contributed by atoms with E-state index in [4.69, 9.17) is 0 Å². The molecule has 15 heavy (non-hydrogen) atoms. The molecule has 0 amide bonds. The summed E-state index contributed by atoms with van der Waals surface area (Å²) in [7, 11) is 0. The van der Waals surface area contributed by atoms with Crippen LogP contribution in [0.15, 0.2) is 6.20 Å². The molecular formula is C11H18BrN3. The first-order valence-electron chi connectivity index (χ1n) is 5.80. The van der Waals surface area contributed by atoms with Crippen molar-refractivity contribution in [3.05, 3.63) is 11.9 Å². The highest BCUT2D eigenvalue weighted by atomic mass is 79.9. The van der Waals surface area contributed by atoms with Gasteiger partial charge in [-0.25, -0.2) is 4.68 Å². The lowest BCUT2D eigenvalue weighted by Gasteiger charge is -2.28. The number of hydrogen-bond donors (Lipinski definition) is 0. The summed E-state index contributed by atoms with van der Waals surface area (Å²) in [6.07, 6.45) is 8.66. The largest absolute Gasteiger partial charge is 0.249 e. The van der Waals surface area contributed by atoms with E-state index in [1.54, 1.807) is 0 Å². The average molecular weight is 272 g/mol. The number of aromatic nitrogens is 3. The van der Waals surface area contributed by atoms with Gasteiger partial charge in [-0.05, 0) is 18.8 Å². The third-order valence-corrected chi connectivity index (χ3v) is 3.98. The first kappa shape index (κ1) is 11.1. The topological polar surface area (TPSA) is 30.7 Å². The number of rotatable bonds is 3. The number of alkyl halides is 1. The smallest absolute Gasteiger partial charge is 0.0932 e. The molecule has 0 radical (unpaired) electrons. The van der Waals surface area contributed by atoms with Gasteiger partial charge in [0.15, 0.2) is 0 Å². The minimum atomic E-state index is 0.587. The van der Waals surface area contributed by atoms with Crippen molar-refractivity contribution in [2.75, 3.05) is 0 Å². The van der Waals surface area contributed by atoms with Crippen LogP contribution >= 0.6 is 15.9 Å². The van der Waals surface area contributed by atoms with Crippen LogP contribution in [-0.4, -0.2) is 15.0 Å². The Bertz CT molecular complexity index is 311. The number of hydrogen-bond acceptors (Lipinski definition) is 2. The summed E-state index contributed by atoms with van der Waals surface area (Å²) in [5.74, 6) is 0.889. The Hall–Kier alpha value is -0.380. The fraction of sp³-hybridized carbons (Fsp3) is 0.818. The monoisotopic (exact) mass is 271 g/mol. The van der Waals surface area contributed by atoms with Crippen LogP contribution in [0.25, 0.3) is 0 Å². The molecule has 1 saturated carbocycles. The van der Waals surface area contributed by atoms with Gasteiger partial charge in [-0.2, -0.15) is 0 Å². The normalized spacial score (nSPS) is 26.8. The van der Waals surface area contributed by atoms with Crippen LogP contribution in [0.1, 0.15) is 50.8 Å². The molecular weight excluding hydrogens is 254 g/mol. The highest BCUT2D eigenvalue weighted by Gasteiger charge is 2.22. The molecule has 4 heteroatoms. The number of nitrogens with zero attached hydrogens (tertiary/aromatic N) is 3. The van der Waals surface area contributed by atoms with Gasteiger partial charge in [0.05, 0.1) is 11.7 Å². The zero-order valence-electron chi connectivity index (χ0n) is 9.19. The molecule has 1 heterocycles. The molecule has 2 atom stereocenters. The Balaban J connectivity index is 2.03. The Morgan fingerprint density at radius 1 is 1.53 bits per heavy atom. The molecule has 84 valence electrons. The second-order valence-corrected chi connectivity index (χ2v) is 4.98. The summed E-state index contributed by atoms with van der Waals surface area (Å²) in [6.45, 7) is 2.29. The van der Waals surface area contributed by atoms with E-state index < -0.39 is 0 Å². The van der Waals surface area contributed by atoms with Gasteiger partial charge < -0.3 is 0 Å². The summed E-state index contributed by atoms with van der Waals surface area (Å²) >= 11 is 3.40. The predicted molar refractivity (Wildman–Crippen MR) is 63.9 cm³/mol. The fourth-order valence-electron chi connectivity index (χ4n) is 2.43. The van der Waals surface area contributed by atoms with Crippen LogP contribution in [0.5, 0.6) is 0 Å². The van der Waals surface area contributed by atoms with Gasteiger partial charge in [0, 0.05) is 11.5 Å². The molecule has 1 aliphatic carbocycles. The Morgan fingerprint density at radius 2 is 2.40 bits per heavy atom. The van der Waals surface area contributed by atoms with Crippen LogP contribution in [0, 0.1) is 5.92 Å². The van der Waals surface area contributed by atoms with E-state index in [1.807, 2.05) is 0 Å². The first-order valence-corrected chi connectivity index (χ1v) is 6.92. The quantitative estimate of drug-likeness (QED) is 0.790. The van der Waals surface area contributed by atoms with Crippen molar-refractivity contribution < 1.29 is 0 Å². The first-order chi connectivity index (χ1) is 7.33. The van der Waals surface area contributed by atoms with Crippen LogP contribution in [0.3, 0.4) is 0 Å². The van der Waals surface area contributed by atoms with Crippen LogP contribution in [0.2, 0.25) is 0 Å². The summed E-state index contributed by atoms with van der Waals surface area (Å²) in [5, 5.41) is 9.15. The van der Waals surface area contributed by atoms with E-state index in [9.17, 15) is 0 Å². The molecule has 0 aromatic carbocycles. The molecule has 0 saturated heterocycles. The van der Waals surface area contributed by atoms with Crippen molar-refractivity contribution in [1.29, 1.82) is 0 Å². The average Bonchev–Trinajstić information content (AvgIpc) is 2.78. The van der Waals surface area contributed by atoms with Gasteiger partial charge in [0.2, 0.25) is 0 Å². The van der Waals surface area contributed by atoms with Crippen molar-refractivity contribution >= 4 is 15.9 Å². The maximum absolute atomic E-state index is 4.22. The lowest BCUT2D eigenvalue weighted by molar-refractivity contribution is 0.245. The van der Waals surface area contributed by atoms with Crippen LogP contribution in [0.4, 0.5) is 0 Å². The second-order valence-electron chi connectivity index (χ2n) is 4.42. The molecule has 0 spiro atoms. The molecule has 1 aliphatic rings. The molecule has 3 nitrogen and oxygen atoms in total. The zero-order valence-corrected chi connectivity index (χ0v) is 10.8. The van der Waals surface area contributed by atoms with Crippen molar-refractivity contribution in [2.45, 2.75) is 50.4 Å². The minimum Gasteiger partial charge on any atom is -0.249 e. The molecule has 1 fully saturated rings. The van der Waals surface area contributed by atoms with Crippen molar-refractivity contribution in [2.24, 2.45) is 5.92 Å². The van der Waals surface area contributed by atoms with Gasteiger partial charge in [-0.1, -0.05) is 47.3 Å². The molecule has 1 aromatic rings. The molecule has 1 aromatic heterocycles. The molecule has 0 N–H and O–H groups in total. The summed E-state index contributed by atoms with van der Waals surface area (Å²) in [4.78, 5) is 0. The maximum Gasteiger partial charge on any atom is 0.0932 e. The maximum atomic E-state index is 4.22. The third kappa shape index (κ3) is 2.60. The van der Waals surface area contributed by atoms with E-state index in [0.29, 0.717) is 6.04 Å². The van der Waals surface area contributed by atoms with Gasteiger partial charge in [0.1, 0.15) is 0 Å². The molecule has 2 rings (SSSR count). The van der Waals surface area contributed by atoms with Crippen molar-refractivity contribution in [3.63, 3.8) is 0 Å². The predicted octanol–water partition coefficient (Wildman–Crippen LogP) is 3.31. The summed E-state index contributed by atoms with van der Waals surface area (Å²) in [6, 6.07) is 0.587. The summed E-state index contributed by atoms with van der Waals surface area (Å²) in [5.41, 5.74) is 1.04. The van der Waals surface area contributed by atoms with Crippen molar-refractivity contribution in [3.8, 4) is 0 Å². The summed E-state index contributed by atoms with van der Waals surface area (Å²) < 4.78 is 2.07. The Morgan fingerprint density at radius 3 is 3.07 bits per heavy atom. The SMILES string of the molecule is CCC1CCCC(n2cc(CBr)nn2)C1. The molecule has 0 bridgehead atoms. The van der Waals surface area contributed by atoms with E-state index in [2.05, 4.69) is 44.0 Å². The van der Waals surface area contributed by atoms with E-state index >= 15 is 0 Å². The fourth-order valence-corrected chi connectivity index (χ4v) is 2.68. The van der Waals surface area contributed by atoms with Gasteiger partial charge in [-0.3, -0.25) is 0 Å². The highest BCUT2D eigenvalue weighted by molar-refractivity contribution is 9.08. The lowest BCUT2D eigenvalue weighted by atomic mass is 9.84. The molecule has 0 aliphatic heterocycles. The minimum absolute atomic E-state index is 0.587. The van der Waals surface area contributed by atoms with E-state index in [1.165, 1.54) is 32.1 Å². The van der Waals surface area contributed by atoms with Gasteiger partial charge in [-0.15, -0.1) is 5.10 Å². The zero-order chi connectivity index (χ0) is 10.7. The van der Waals surface area contributed by atoms with E-state index in [0.717, 1.165) is 16.9 Å². The standard InChI is InChI=1S/C11H18BrN3/c1-2-9-4-3-5-11(6-9)15-8-10(7-12)13-14-15/h8-9,11H,2-7H2,1H3. The second kappa shape index (κ2) is 5.10. The molecule has 2 unspecified atom stereocenters. The number of halogens is 1. The lowest BCUT2D eigenvalue weighted by Crippen LogP contribution is -2.19. The highest BCUT2D eigenvalue weighted by Crippen LogP contribution is 2.33. The van der Waals surface area contributed by atoms with Crippen molar-refractivity contribution in [1.82, 2.24) is 15.0 Å². The van der Waals surface area contributed by atoms with Crippen LogP contribution < -0.4 is 0 Å². The van der Waals surface area contributed by atoms with E-state index in [-0.39, 0.29) is 0 Å².